The molecule has 0 saturated carbocycles. The first-order valence-electron chi connectivity index (χ1n) is 15.7. The van der Waals surface area contributed by atoms with Gasteiger partial charge in [0.2, 0.25) is 0 Å². The molecular formula is C32H60NO7+. The van der Waals surface area contributed by atoms with Crippen molar-refractivity contribution in [2.45, 2.75) is 135 Å². The second-order valence-electron chi connectivity index (χ2n) is 11.7. The topological polar surface area (TPSA) is 99.1 Å². The van der Waals surface area contributed by atoms with Gasteiger partial charge in [-0.2, -0.15) is 0 Å². The van der Waals surface area contributed by atoms with Gasteiger partial charge < -0.3 is 23.8 Å². The van der Waals surface area contributed by atoms with Crippen LogP contribution in [-0.2, 0) is 28.6 Å². The normalized spacial score (nSPS) is 13.3. The Morgan fingerprint density at radius 1 is 0.725 bits per heavy atom. The van der Waals surface area contributed by atoms with Crippen molar-refractivity contribution in [1.29, 1.82) is 0 Å². The first kappa shape index (κ1) is 38.1. The zero-order valence-corrected chi connectivity index (χ0v) is 26.3. The Labute approximate surface area is 244 Å². The lowest BCUT2D eigenvalue weighted by Gasteiger charge is -2.31. The van der Waals surface area contributed by atoms with Crippen molar-refractivity contribution in [3.8, 4) is 0 Å². The molecule has 0 fully saturated rings. The molecule has 0 amide bonds. The van der Waals surface area contributed by atoms with E-state index in [1.807, 2.05) is 21.1 Å². The van der Waals surface area contributed by atoms with E-state index >= 15 is 0 Å². The van der Waals surface area contributed by atoms with Gasteiger partial charge in [0.15, 0.2) is 12.1 Å². The highest BCUT2D eigenvalue weighted by molar-refractivity contribution is 5.72. The van der Waals surface area contributed by atoms with Gasteiger partial charge in [-0.15, -0.1) is 0 Å². The van der Waals surface area contributed by atoms with Crippen molar-refractivity contribution in [2.75, 3.05) is 41.0 Å². The van der Waals surface area contributed by atoms with E-state index in [0.717, 1.165) is 51.4 Å². The summed E-state index contributed by atoms with van der Waals surface area (Å²) in [5.74, 6) is -1.51. The number of allylic oxidation sites excluding steroid dienone is 2. The first-order chi connectivity index (χ1) is 19.1. The number of rotatable bonds is 27. The van der Waals surface area contributed by atoms with Gasteiger partial charge in [-0.25, -0.2) is 4.79 Å². The van der Waals surface area contributed by atoms with Crippen LogP contribution in [-0.4, -0.2) is 80.6 Å². The monoisotopic (exact) mass is 570 g/mol. The largest absolute Gasteiger partial charge is 0.477 e. The van der Waals surface area contributed by atoms with Crippen LogP contribution in [0.4, 0.5) is 0 Å². The molecule has 234 valence electrons. The summed E-state index contributed by atoms with van der Waals surface area (Å²) in [5.41, 5.74) is 0. The van der Waals surface area contributed by atoms with Gasteiger partial charge in [0.05, 0.1) is 34.4 Å². The number of unbranched alkanes of at least 4 members (excludes halogenated alkanes) is 11. The molecular weight excluding hydrogens is 510 g/mol. The van der Waals surface area contributed by atoms with Crippen molar-refractivity contribution in [3.63, 3.8) is 0 Å². The molecule has 1 N–H and O–H groups in total. The Morgan fingerprint density at radius 3 is 1.85 bits per heavy atom. The summed E-state index contributed by atoms with van der Waals surface area (Å²) in [5, 5.41) is 9.49. The van der Waals surface area contributed by atoms with E-state index in [2.05, 4.69) is 26.0 Å². The number of likely N-dealkylation sites (N-methyl/N-ethyl adjacent to an activating group) is 1. The first-order valence-corrected chi connectivity index (χ1v) is 15.7. The lowest BCUT2D eigenvalue weighted by atomic mass is 10.1. The summed E-state index contributed by atoms with van der Waals surface area (Å²) >= 11 is 0. The molecule has 40 heavy (non-hydrogen) atoms. The maximum Gasteiger partial charge on any atom is 0.362 e. The van der Waals surface area contributed by atoms with Crippen molar-refractivity contribution in [2.24, 2.45) is 0 Å². The highest BCUT2D eigenvalue weighted by Crippen LogP contribution is 2.12. The van der Waals surface area contributed by atoms with Crippen LogP contribution in [0.1, 0.15) is 123 Å². The Balaban J connectivity index is 4.37. The predicted molar refractivity (Wildman–Crippen MR) is 160 cm³/mol. The molecule has 0 aromatic rings. The molecule has 0 aliphatic carbocycles. The number of carboxylic acid groups (broad SMARTS) is 1. The molecule has 0 aromatic heterocycles. The summed E-state index contributed by atoms with van der Waals surface area (Å²) in [7, 11) is 5.48. The van der Waals surface area contributed by atoms with Crippen molar-refractivity contribution >= 4 is 17.9 Å². The highest BCUT2D eigenvalue weighted by atomic mass is 16.6. The van der Waals surface area contributed by atoms with Crippen molar-refractivity contribution in [1.82, 2.24) is 0 Å². The summed E-state index contributed by atoms with van der Waals surface area (Å²) in [4.78, 5) is 36.1. The third-order valence-electron chi connectivity index (χ3n) is 6.91. The number of quaternary nitrogens is 1. The fraction of sp³-hybridized carbons (Fsp3) is 0.844. The summed E-state index contributed by atoms with van der Waals surface area (Å²) in [6.45, 7) is 4.51. The van der Waals surface area contributed by atoms with E-state index in [1.165, 1.54) is 38.5 Å². The molecule has 2 unspecified atom stereocenters. The van der Waals surface area contributed by atoms with Crippen LogP contribution in [0.25, 0.3) is 0 Å². The number of carbonyl (C=O) groups excluding carboxylic acids is 2. The molecule has 0 saturated heterocycles. The molecule has 0 spiro atoms. The summed E-state index contributed by atoms with van der Waals surface area (Å²) in [6.07, 6.45) is 20.3. The van der Waals surface area contributed by atoms with Gasteiger partial charge in [-0.1, -0.05) is 77.4 Å². The summed E-state index contributed by atoms with van der Waals surface area (Å²) in [6, 6.07) is -0.607. The average Bonchev–Trinajstić information content (AvgIpc) is 2.88. The van der Waals surface area contributed by atoms with Gasteiger partial charge in [0.25, 0.3) is 0 Å². The van der Waals surface area contributed by atoms with E-state index in [0.29, 0.717) is 19.3 Å². The standard InChI is InChI=1S/C32H59NO7/c1-6-8-10-11-12-13-14-15-16-17-18-19-21-23-31(35)40-28(27-39-30(34)22-20-9-7-2)26-38-25-24-29(32(36)37)33(3,4)5/h13-14,28-29H,6-12,15-27H2,1-5H3/p+1/b14-13-. The van der Waals surface area contributed by atoms with Crippen molar-refractivity contribution < 1.29 is 38.2 Å². The molecule has 0 aliphatic heterocycles. The van der Waals surface area contributed by atoms with E-state index in [4.69, 9.17) is 14.2 Å². The van der Waals surface area contributed by atoms with Crippen LogP contribution in [0, 0.1) is 0 Å². The van der Waals surface area contributed by atoms with Crippen LogP contribution in [0.3, 0.4) is 0 Å². The van der Waals surface area contributed by atoms with Gasteiger partial charge in [-0.3, -0.25) is 9.59 Å². The maximum absolute atomic E-state index is 12.5. The average molecular weight is 571 g/mol. The third kappa shape index (κ3) is 22.8. The lowest BCUT2D eigenvalue weighted by Crippen LogP contribution is -2.50. The van der Waals surface area contributed by atoms with Gasteiger partial charge in [0.1, 0.15) is 6.61 Å². The minimum Gasteiger partial charge on any atom is -0.477 e. The Bertz CT molecular complexity index is 687. The molecule has 0 radical (unpaired) electrons. The predicted octanol–water partition coefficient (Wildman–Crippen LogP) is 6.85. The Kier molecular flexibility index (Phi) is 23.6. The van der Waals surface area contributed by atoms with E-state index in [9.17, 15) is 19.5 Å². The maximum atomic E-state index is 12.5. The fourth-order valence-electron chi connectivity index (χ4n) is 4.38. The number of nitrogens with zero attached hydrogens (tertiary/aromatic N) is 1. The van der Waals surface area contributed by atoms with Crippen LogP contribution in [0.5, 0.6) is 0 Å². The minimum atomic E-state index is -0.880. The molecule has 2 atom stereocenters. The molecule has 0 heterocycles. The van der Waals surface area contributed by atoms with E-state index < -0.39 is 18.1 Å². The van der Waals surface area contributed by atoms with Crippen LogP contribution >= 0.6 is 0 Å². The fourth-order valence-corrected chi connectivity index (χ4v) is 4.38. The third-order valence-corrected chi connectivity index (χ3v) is 6.91. The van der Waals surface area contributed by atoms with Gasteiger partial charge in [-0.05, 0) is 38.5 Å². The second kappa shape index (κ2) is 24.8. The zero-order chi connectivity index (χ0) is 30.1. The van der Waals surface area contributed by atoms with Gasteiger partial charge >= 0.3 is 17.9 Å². The number of esters is 2. The quantitative estimate of drug-likeness (QED) is 0.0499. The number of hydrogen-bond acceptors (Lipinski definition) is 6. The highest BCUT2D eigenvalue weighted by Gasteiger charge is 2.31. The number of hydrogen-bond donors (Lipinski definition) is 1. The SMILES string of the molecule is CCCCCC/C=C\CCCCCCCC(=O)OC(COCCC(C(=O)O)[N+](C)(C)C)COC(=O)CCCCC. The van der Waals surface area contributed by atoms with E-state index in [1.54, 1.807) is 0 Å². The molecule has 8 nitrogen and oxygen atoms in total. The van der Waals surface area contributed by atoms with Crippen LogP contribution in [0.2, 0.25) is 0 Å². The number of aliphatic carboxylic acids is 1. The lowest BCUT2D eigenvalue weighted by molar-refractivity contribution is -0.887. The Hall–Kier alpha value is -1.93. The van der Waals surface area contributed by atoms with Crippen LogP contribution in [0.15, 0.2) is 12.2 Å². The molecule has 0 aromatic carbocycles. The number of carboxylic acids is 1. The van der Waals surface area contributed by atoms with Gasteiger partial charge in [0, 0.05) is 19.3 Å². The molecule has 0 rings (SSSR count). The second-order valence-corrected chi connectivity index (χ2v) is 11.7. The number of carbonyl (C=O) groups is 3. The van der Waals surface area contributed by atoms with E-state index in [-0.39, 0.29) is 36.2 Å². The summed E-state index contributed by atoms with van der Waals surface area (Å²) < 4.78 is 16.9. The molecule has 0 bridgehead atoms. The molecule has 0 aliphatic rings. The van der Waals surface area contributed by atoms with Crippen LogP contribution < -0.4 is 0 Å². The smallest absolute Gasteiger partial charge is 0.362 e. The zero-order valence-electron chi connectivity index (χ0n) is 26.3. The Morgan fingerprint density at radius 2 is 1.25 bits per heavy atom. The minimum absolute atomic E-state index is 0.0550. The molecule has 8 heteroatoms. The number of ether oxygens (including phenoxy) is 3. The van der Waals surface area contributed by atoms with Crippen molar-refractivity contribution in [3.05, 3.63) is 12.2 Å².